The smallest absolute Gasteiger partial charge is 0.328 e. The Morgan fingerprint density at radius 1 is 1.19 bits per heavy atom. The number of tetrazole rings is 1. The molecule has 4 aromatic rings. The van der Waals surface area contributed by atoms with E-state index in [4.69, 9.17) is 0 Å². The molecule has 1 aliphatic rings. The van der Waals surface area contributed by atoms with Gasteiger partial charge in [0.15, 0.2) is 5.82 Å². The van der Waals surface area contributed by atoms with E-state index in [-0.39, 0.29) is 17.6 Å². The van der Waals surface area contributed by atoms with Crippen LogP contribution < -0.4 is 5.69 Å². The highest BCUT2D eigenvalue weighted by Gasteiger charge is 2.45. The number of rotatable bonds is 9. The van der Waals surface area contributed by atoms with E-state index in [2.05, 4.69) is 32.5 Å². The van der Waals surface area contributed by atoms with Gasteiger partial charge in [0.25, 0.3) is 0 Å². The third-order valence-electron chi connectivity index (χ3n) is 7.12. The molecule has 3 heterocycles. The first-order valence-corrected chi connectivity index (χ1v) is 12.3. The van der Waals surface area contributed by atoms with Crippen molar-refractivity contribution < 1.29 is 9.90 Å². The number of aryl methyl sites for hydroxylation is 1. The van der Waals surface area contributed by atoms with Crippen LogP contribution in [0, 0.1) is 11.8 Å². The molecule has 36 heavy (non-hydrogen) atoms. The fraction of sp³-hybridized carbons (Fsp3) is 0.385. The Labute approximate surface area is 208 Å². The Morgan fingerprint density at radius 2 is 2.00 bits per heavy atom. The van der Waals surface area contributed by atoms with E-state index in [1.54, 1.807) is 15.3 Å². The number of aromatic amines is 1. The normalized spacial score (nSPS) is 19.2. The largest absolute Gasteiger partial charge is 0.481 e. The Balaban J connectivity index is 1.44. The van der Waals surface area contributed by atoms with Gasteiger partial charge in [0.05, 0.1) is 24.2 Å². The van der Waals surface area contributed by atoms with E-state index < -0.39 is 11.9 Å². The summed E-state index contributed by atoms with van der Waals surface area (Å²) in [5, 5.41) is 23.8. The van der Waals surface area contributed by atoms with Crippen molar-refractivity contribution in [3.63, 3.8) is 0 Å². The molecule has 5 rings (SSSR count). The van der Waals surface area contributed by atoms with Crippen molar-refractivity contribution in [3.8, 4) is 22.5 Å². The first-order valence-electron chi connectivity index (χ1n) is 12.3. The summed E-state index contributed by atoms with van der Waals surface area (Å²) in [5.41, 5.74) is 4.23. The molecule has 1 aromatic carbocycles. The average Bonchev–Trinajstić information content (AvgIpc) is 3.51. The van der Waals surface area contributed by atoms with E-state index in [9.17, 15) is 14.7 Å². The minimum absolute atomic E-state index is 0.149. The molecule has 10 nitrogen and oxygen atoms in total. The molecule has 0 spiro atoms. The fourth-order valence-electron chi connectivity index (χ4n) is 5.14. The molecular weight excluding hydrogens is 458 g/mol. The van der Waals surface area contributed by atoms with Gasteiger partial charge in [-0.2, -0.15) is 0 Å². The summed E-state index contributed by atoms with van der Waals surface area (Å²) in [5.74, 6) is -0.639. The summed E-state index contributed by atoms with van der Waals surface area (Å²) in [6, 6.07) is 11.4. The van der Waals surface area contributed by atoms with Crippen LogP contribution in [0.5, 0.6) is 0 Å². The van der Waals surface area contributed by atoms with Crippen LogP contribution in [0.1, 0.15) is 50.5 Å². The first kappa shape index (κ1) is 23.7. The summed E-state index contributed by atoms with van der Waals surface area (Å²) in [7, 11) is 0. The second-order valence-electron chi connectivity index (χ2n) is 9.48. The topological polar surface area (TPSA) is 132 Å². The van der Waals surface area contributed by atoms with Gasteiger partial charge in [-0.25, -0.2) is 9.89 Å². The molecule has 1 aliphatic carbocycles. The van der Waals surface area contributed by atoms with E-state index in [0.717, 1.165) is 47.3 Å². The van der Waals surface area contributed by atoms with Gasteiger partial charge in [0, 0.05) is 29.2 Å². The highest BCUT2D eigenvalue weighted by Crippen LogP contribution is 2.43. The molecule has 0 amide bonds. The van der Waals surface area contributed by atoms with Crippen LogP contribution in [0.4, 0.5) is 0 Å². The maximum atomic E-state index is 13.5. The highest BCUT2D eigenvalue weighted by atomic mass is 16.4. The van der Waals surface area contributed by atoms with Gasteiger partial charge in [0.2, 0.25) is 0 Å². The van der Waals surface area contributed by atoms with Gasteiger partial charge in [0.1, 0.15) is 0 Å². The van der Waals surface area contributed by atoms with Gasteiger partial charge in [-0.05, 0) is 47.2 Å². The Bertz CT molecular complexity index is 1410. The van der Waals surface area contributed by atoms with Crippen LogP contribution in [0.3, 0.4) is 0 Å². The van der Waals surface area contributed by atoms with Crippen LogP contribution in [-0.2, 0) is 17.8 Å². The van der Waals surface area contributed by atoms with Crippen molar-refractivity contribution in [1.29, 1.82) is 0 Å². The molecule has 3 atom stereocenters. The zero-order chi connectivity index (χ0) is 25.2. The quantitative estimate of drug-likeness (QED) is 0.369. The predicted octanol–water partition coefficient (Wildman–Crippen LogP) is 3.56. The van der Waals surface area contributed by atoms with Crippen molar-refractivity contribution in [2.45, 2.75) is 52.1 Å². The third-order valence-corrected chi connectivity index (χ3v) is 7.12. The number of nitrogens with one attached hydrogen (secondary N) is 1. The second-order valence-corrected chi connectivity index (χ2v) is 9.48. The van der Waals surface area contributed by atoms with E-state index in [1.807, 2.05) is 49.5 Å². The predicted molar refractivity (Wildman–Crippen MR) is 133 cm³/mol. The number of hydrogen-bond acceptors (Lipinski definition) is 6. The van der Waals surface area contributed by atoms with E-state index in [0.29, 0.717) is 18.8 Å². The van der Waals surface area contributed by atoms with Gasteiger partial charge in [-0.3, -0.25) is 18.9 Å². The molecule has 0 aliphatic heterocycles. The van der Waals surface area contributed by atoms with Crippen LogP contribution in [0.2, 0.25) is 0 Å². The fourth-order valence-corrected chi connectivity index (χ4v) is 5.14. The third kappa shape index (κ3) is 4.34. The maximum absolute atomic E-state index is 13.5. The highest BCUT2D eigenvalue weighted by molar-refractivity contribution is 5.79. The minimum Gasteiger partial charge on any atom is -0.481 e. The summed E-state index contributed by atoms with van der Waals surface area (Å²) >= 11 is 0. The monoisotopic (exact) mass is 487 g/mol. The summed E-state index contributed by atoms with van der Waals surface area (Å²) < 4.78 is 3.39. The number of carboxylic acids is 1. The van der Waals surface area contributed by atoms with Gasteiger partial charge >= 0.3 is 11.7 Å². The number of pyridine rings is 1. The molecule has 0 radical (unpaired) electrons. The molecule has 1 saturated carbocycles. The van der Waals surface area contributed by atoms with Crippen molar-refractivity contribution in [2.24, 2.45) is 11.8 Å². The van der Waals surface area contributed by atoms with Gasteiger partial charge in [-0.15, -0.1) is 5.10 Å². The number of unbranched alkanes of at least 4 members (excludes halogenated alkanes) is 1. The number of nitrogens with zero attached hydrogens (tertiary/aromatic N) is 6. The summed E-state index contributed by atoms with van der Waals surface area (Å²) in [4.78, 5) is 29.8. The number of carboxylic acid groups (broad SMARTS) is 1. The van der Waals surface area contributed by atoms with E-state index in [1.165, 1.54) is 0 Å². The lowest BCUT2D eigenvalue weighted by molar-refractivity contribution is -0.149. The molecule has 186 valence electrons. The molecule has 0 bridgehead atoms. The molecule has 10 heteroatoms. The summed E-state index contributed by atoms with van der Waals surface area (Å²) in [6.07, 6.45) is 6.96. The van der Waals surface area contributed by atoms with Crippen LogP contribution in [-0.4, -0.2) is 45.8 Å². The van der Waals surface area contributed by atoms with E-state index >= 15 is 0 Å². The number of imidazole rings is 1. The maximum Gasteiger partial charge on any atom is 0.328 e. The lowest BCUT2D eigenvalue weighted by atomic mass is 9.70. The first-order chi connectivity index (χ1) is 17.5. The lowest BCUT2D eigenvalue weighted by Crippen LogP contribution is -2.45. The van der Waals surface area contributed by atoms with Crippen molar-refractivity contribution in [1.82, 2.24) is 34.7 Å². The molecule has 0 saturated heterocycles. The average molecular weight is 488 g/mol. The zero-order valence-electron chi connectivity index (χ0n) is 20.3. The number of aliphatic carboxylic acids is 1. The Kier molecular flexibility index (Phi) is 6.49. The number of hydrogen-bond donors (Lipinski definition) is 2. The van der Waals surface area contributed by atoms with Crippen molar-refractivity contribution in [2.75, 3.05) is 0 Å². The minimum atomic E-state index is -0.841. The van der Waals surface area contributed by atoms with Crippen LogP contribution in [0.25, 0.3) is 22.5 Å². The van der Waals surface area contributed by atoms with Crippen LogP contribution >= 0.6 is 0 Å². The Hall–Kier alpha value is -4.08. The van der Waals surface area contributed by atoms with Crippen molar-refractivity contribution >= 4 is 5.97 Å². The SMILES string of the molecule is CCCCc1cn(C2C(C)CC2C(=O)O)c(=O)n1Cc1ccc(-c2ccccc2-c2nnn[nH]2)cn1. The second kappa shape index (κ2) is 9.88. The molecule has 3 unspecified atom stereocenters. The molecule has 3 aromatic heterocycles. The molecule has 1 fully saturated rings. The molecular formula is C26H29N7O3. The molecule has 2 N–H and O–H groups in total. The van der Waals surface area contributed by atoms with Gasteiger partial charge in [-0.1, -0.05) is 50.6 Å². The number of H-pyrrole nitrogens is 1. The number of carbonyl (C=O) groups is 1. The lowest BCUT2D eigenvalue weighted by Gasteiger charge is -2.40. The van der Waals surface area contributed by atoms with Crippen LogP contribution in [0.15, 0.2) is 53.6 Å². The Morgan fingerprint density at radius 3 is 2.64 bits per heavy atom. The van der Waals surface area contributed by atoms with Crippen molar-refractivity contribution in [3.05, 3.63) is 70.7 Å². The number of aromatic nitrogens is 7. The summed E-state index contributed by atoms with van der Waals surface area (Å²) in [6.45, 7) is 4.45. The van der Waals surface area contributed by atoms with Gasteiger partial charge < -0.3 is 5.11 Å². The number of benzene rings is 1. The standard InChI is InChI=1S/C26H29N7O3/c1-3-4-7-19-15-33(23-16(2)12-22(23)25(34)35)26(36)32(19)14-18-11-10-17(13-27-18)20-8-5-6-9-21(20)24-28-30-31-29-24/h5-6,8-11,13,15-16,22-23H,3-4,7,12,14H2,1-2H3,(H,34,35)(H,28,29,30,31). The zero-order valence-corrected chi connectivity index (χ0v) is 20.3.